The van der Waals surface area contributed by atoms with Crippen molar-refractivity contribution in [1.29, 1.82) is 0 Å². The van der Waals surface area contributed by atoms with Crippen LogP contribution in [0.1, 0.15) is 24.9 Å². The van der Waals surface area contributed by atoms with E-state index in [1.807, 2.05) is 43.3 Å². The molecule has 1 N–H and O–H groups in total. The molecule has 1 aromatic carbocycles. The Hall–Kier alpha value is -1.30. The largest absolute Gasteiger partial charge is 0.380 e. The maximum atomic E-state index is 12.5. The first-order chi connectivity index (χ1) is 11.0. The maximum Gasteiger partial charge on any atom is 0.317 e. The molecular formula is C17H26ClN3O2. The Kier molecular flexibility index (Phi) is 6.69. The van der Waals surface area contributed by atoms with Gasteiger partial charge in [0.25, 0.3) is 0 Å². The van der Waals surface area contributed by atoms with Crippen LogP contribution in [-0.2, 0) is 4.74 Å². The fraction of sp³-hybridized carbons (Fsp3) is 0.588. The summed E-state index contributed by atoms with van der Waals surface area (Å²) in [4.78, 5) is 16.5. The van der Waals surface area contributed by atoms with Gasteiger partial charge in [0.15, 0.2) is 0 Å². The van der Waals surface area contributed by atoms with E-state index in [-0.39, 0.29) is 18.1 Å². The Balaban J connectivity index is 1.98. The number of benzene rings is 1. The molecule has 6 heteroatoms. The average molecular weight is 340 g/mol. The normalized spacial score (nSPS) is 20.2. The zero-order valence-corrected chi connectivity index (χ0v) is 14.8. The van der Waals surface area contributed by atoms with Crippen LogP contribution in [0.3, 0.4) is 0 Å². The van der Waals surface area contributed by atoms with Crippen molar-refractivity contribution in [2.24, 2.45) is 0 Å². The van der Waals surface area contributed by atoms with Gasteiger partial charge in [0.2, 0.25) is 0 Å². The first-order valence-corrected chi connectivity index (χ1v) is 8.41. The number of hydrogen-bond acceptors (Lipinski definition) is 3. The zero-order chi connectivity index (χ0) is 16.8. The second-order valence-corrected chi connectivity index (χ2v) is 6.60. The molecule has 1 aliphatic heterocycles. The first kappa shape index (κ1) is 18.0. The third-order valence-electron chi connectivity index (χ3n) is 4.27. The molecule has 5 nitrogen and oxygen atoms in total. The molecule has 0 radical (unpaired) electrons. The number of amides is 2. The standard InChI is InChI=1S/C17H26ClN3O2/c1-13-8-10-23-11-9-21(13)17(22)19-12-16(20(2)3)14-4-6-15(18)7-5-14/h4-7,13,16H,8-12H2,1-3H3,(H,19,22)/t13-,16+/m0/s1. The van der Waals surface area contributed by atoms with Crippen LogP contribution < -0.4 is 5.32 Å². The SMILES string of the molecule is C[C@H]1CCOCCN1C(=O)NC[C@H](c1ccc(Cl)cc1)N(C)C. The van der Waals surface area contributed by atoms with Crippen LogP contribution in [0, 0.1) is 0 Å². The Bertz CT molecular complexity index is 507. The summed E-state index contributed by atoms with van der Waals surface area (Å²) in [5.74, 6) is 0. The molecule has 128 valence electrons. The third-order valence-corrected chi connectivity index (χ3v) is 4.53. The highest BCUT2D eigenvalue weighted by Crippen LogP contribution is 2.20. The highest BCUT2D eigenvalue weighted by molar-refractivity contribution is 6.30. The van der Waals surface area contributed by atoms with Crippen LogP contribution in [0.15, 0.2) is 24.3 Å². The molecule has 1 fully saturated rings. The molecule has 2 atom stereocenters. The van der Waals surface area contributed by atoms with Gasteiger partial charge >= 0.3 is 6.03 Å². The van der Waals surface area contributed by atoms with Crippen LogP contribution in [0.25, 0.3) is 0 Å². The Morgan fingerprint density at radius 2 is 2.09 bits per heavy atom. The van der Waals surface area contributed by atoms with Crippen molar-refractivity contribution in [2.45, 2.75) is 25.4 Å². The summed E-state index contributed by atoms with van der Waals surface area (Å²) in [5.41, 5.74) is 1.13. The zero-order valence-electron chi connectivity index (χ0n) is 14.1. The smallest absolute Gasteiger partial charge is 0.317 e. The molecule has 0 saturated carbocycles. The minimum atomic E-state index is -0.0242. The highest BCUT2D eigenvalue weighted by atomic mass is 35.5. The highest BCUT2D eigenvalue weighted by Gasteiger charge is 2.23. The van der Waals surface area contributed by atoms with Gasteiger partial charge in [0, 0.05) is 30.8 Å². The fourth-order valence-corrected chi connectivity index (χ4v) is 2.89. The lowest BCUT2D eigenvalue weighted by molar-refractivity contribution is 0.141. The number of likely N-dealkylation sites (N-methyl/N-ethyl adjacent to an activating group) is 1. The van der Waals surface area contributed by atoms with Gasteiger partial charge in [0.1, 0.15) is 0 Å². The lowest BCUT2D eigenvalue weighted by Gasteiger charge is -2.29. The molecule has 0 aliphatic carbocycles. The van der Waals surface area contributed by atoms with Crippen LogP contribution >= 0.6 is 11.6 Å². The number of halogens is 1. The lowest BCUT2D eigenvalue weighted by Crippen LogP contribution is -2.47. The molecule has 0 bridgehead atoms. The van der Waals surface area contributed by atoms with E-state index in [0.717, 1.165) is 18.6 Å². The minimum absolute atomic E-state index is 0.0242. The topological polar surface area (TPSA) is 44.8 Å². The molecule has 0 unspecified atom stereocenters. The van der Waals surface area contributed by atoms with E-state index in [0.29, 0.717) is 24.7 Å². The third kappa shape index (κ3) is 5.09. The van der Waals surface area contributed by atoms with Gasteiger partial charge in [-0.3, -0.25) is 0 Å². The summed E-state index contributed by atoms with van der Waals surface area (Å²) >= 11 is 5.95. The van der Waals surface area contributed by atoms with E-state index in [2.05, 4.69) is 17.1 Å². The molecule has 23 heavy (non-hydrogen) atoms. The molecule has 0 aromatic heterocycles. The van der Waals surface area contributed by atoms with Crippen LogP contribution in [0.4, 0.5) is 4.79 Å². The Labute approximate surface area is 143 Å². The van der Waals surface area contributed by atoms with E-state index in [9.17, 15) is 4.79 Å². The molecule has 1 aromatic rings. The number of carbonyl (C=O) groups excluding carboxylic acids is 1. The molecule has 2 amide bonds. The van der Waals surface area contributed by atoms with E-state index in [4.69, 9.17) is 16.3 Å². The predicted octanol–water partition coefficient (Wildman–Crippen LogP) is 2.76. The van der Waals surface area contributed by atoms with Crippen LogP contribution in [-0.4, -0.2) is 62.3 Å². The summed E-state index contributed by atoms with van der Waals surface area (Å²) in [6.45, 7) is 4.58. The first-order valence-electron chi connectivity index (χ1n) is 8.03. The van der Waals surface area contributed by atoms with Gasteiger partial charge < -0.3 is 19.9 Å². The molecule has 1 saturated heterocycles. The van der Waals surface area contributed by atoms with Crippen molar-refractivity contribution in [3.05, 3.63) is 34.9 Å². The number of rotatable bonds is 4. The van der Waals surface area contributed by atoms with Crippen molar-refractivity contribution in [1.82, 2.24) is 15.1 Å². The van der Waals surface area contributed by atoms with Gasteiger partial charge in [-0.1, -0.05) is 23.7 Å². The second-order valence-electron chi connectivity index (χ2n) is 6.16. The number of nitrogens with zero attached hydrogens (tertiary/aromatic N) is 2. The van der Waals surface area contributed by atoms with E-state index >= 15 is 0 Å². The predicted molar refractivity (Wildman–Crippen MR) is 92.9 cm³/mol. The van der Waals surface area contributed by atoms with Gasteiger partial charge in [-0.15, -0.1) is 0 Å². The summed E-state index contributed by atoms with van der Waals surface area (Å²) < 4.78 is 5.45. The number of hydrogen-bond donors (Lipinski definition) is 1. The number of ether oxygens (including phenoxy) is 1. The van der Waals surface area contributed by atoms with E-state index < -0.39 is 0 Å². The molecule has 0 spiro atoms. The number of nitrogens with one attached hydrogen (secondary N) is 1. The number of carbonyl (C=O) groups is 1. The molecular weight excluding hydrogens is 314 g/mol. The molecule has 1 heterocycles. The second kappa shape index (κ2) is 8.52. The maximum absolute atomic E-state index is 12.5. The Morgan fingerprint density at radius 1 is 1.39 bits per heavy atom. The van der Waals surface area contributed by atoms with Gasteiger partial charge in [-0.05, 0) is 45.1 Å². The average Bonchev–Trinajstić information content (AvgIpc) is 2.73. The summed E-state index contributed by atoms with van der Waals surface area (Å²) in [6.07, 6.45) is 0.877. The van der Waals surface area contributed by atoms with Crippen molar-refractivity contribution >= 4 is 17.6 Å². The van der Waals surface area contributed by atoms with Gasteiger partial charge in [-0.25, -0.2) is 4.79 Å². The van der Waals surface area contributed by atoms with Crippen molar-refractivity contribution in [3.8, 4) is 0 Å². The quantitative estimate of drug-likeness (QED) is 0.917. The van der Waals surface area contributed by atoms with Gasteiger partial charge in [-0.2, -0.15) is 0 Å². The monoisotopic (exact) mass is 339 g/mol. The summed E-state index contributed by atoms with van der Waals surface area (Å²) in [7, 11) is 4.02. The van der Waals surface area contributed by atoms with Crippen LogP contribution in [0.2, 0.25) is 5.02 Å². The lowest BCUT2D eigenvalue weighted by atomic mass is 10.1. The molecule has 2 rings (SSSR count). The van der Waals surface area contributed by atoms with Crippen molar-refractivity contribution < 1.29 is 9.53 Å². The summed E-state index contributed by atoms with van der Waals surface area (Å²) in [5, 5.41) is 3.78. The van der Waals surface area contributed by atoms with E-state index in [1.165, 1.54) is 0 Å². The fourth-order valence-electron chi connectivity index (χ4n) is 2.77. The van der Waals surface area contributed by atoms with Crippen LogP contribution in [0.5, 0.6) is 0 Å². The van der Waals surface area contributed by atoms with Crippen molar-refractivity contribution in [2.75, 3.05) is 40.4 Å². The van der Waals surface area contributed by atoms with Gasteiger partial charge in [0.05, 0.1) is 12.6 Å². The van der Waals surface area contributed by atoms with E-state index in [1.54, 1.807) is 0 Å². The summed E-state index contributed by atoms with van der Waals surface area (Å²) in [6, 6.07) is 8.04. The van der Waals surface area contributed by atoms with Crippen molar-refractivity contribution in [3.63, 3.8) is 0 Å². The Morgan fingerprint density at radius 3 is 2.74 bits per heavy atom. The minimum Gasteiger partial charge on any atom is -0.380 e. The molecule has 1 aliphatic rings. The number of urea groups is 1.